The zero-order chi connectivity index (χ0) is 12.6. The molecule has 1 saturated heterocycles. The monoisotopic (exact) mass is 236 g/mol. The van der Waals surface area contributed by atoms with Crippen LogP contribution >= 0.6 is 0 Å². The molecule has 4 heteroatoms. The lowest BCUT2D eigenvalue weighted by Crippen LogP contribution is -2.36. The van der Waals surface area contributed by atoms with Crippen molar-refractivity contribution in [1.82, 2.24) is 4.90 Å². The molecule has 2 fully saturated rings. The van der Waals surface area contributed by atoms with E-state index in [0.717, 1.165) is 25.9 Å². The molecular weight excluding hydrogens is 216 g/mol. The van der Waals surface area contributed by atoms with E-state index in [1.165, 1.54) is 0 Å². The SMILES string of the molecule is [C-]#[N+]C1C[C@@H]2CN(C(=O)OC(C)(C)C)C[C@@H]2C1. The van der Waals surface area contributed by atoms with Gasteiger partial charge in [0, 0.05) is 25.9 Å². The second-order valence-corrected chi connectivity index (χ2v) is 6.16. The Hall–Kier alpha value is -1.24. The second-order valence-electron chi connectivity index (χ2n) is 6.16. The molecule has 2 rings (SSSR count). The average molecular weight is 236 g/mol. The van der Waals surface area contributed by atoms with Crippen molar-refractivity contribution in [3.05, 3.63) is 11.4 Å². The van der Waals surface area contributed by atoms with E-state index in [4.69, 9.17) is 11.3 Å². The fourth-order valence-electron chi connectivity index (χ4n) is 2.85. The van der Waals surface area contributed by atoms with Crippen molar-refractivity contribution in [3.63, 3.8) is 0 Å². The Morgan fingerprint density at radius 3 is 2.24 bits per heavy atom. The van der Waals surface area contributed by atoms with E-state index < -0.39 is 5.60 Å². The molecule has 0 spiro atoms. The Balaban J connectivity index is 1.89. The number of carbonyl (C=O) groups excluding carboxylic acids is 1. The first-order valence-corrected chi connectivity index (χ1v) is 6.23. The molecule has 1 saturated carbocycles. The summed E-state index contributed by atoms with van der Waals surface area (Å²) in [5, 5.41) is 0. The maximum Gasteiger partial charge on any atom is 0.410 e. The highest BCUT2D eigenvalue weighted by Gasteiger charge is 2.45. The van der Waals surface area contributed by atoms with Gasteiger partial charge in [0.2, 0.25) is 6.04 Å². The van der Waals surface area contributed by atoms with Crippen LogP contribution < -0.4 is 0 Å². The van der Waals surface area contributed by atoms with E-state index in [9.17, 15) is 4.79 Å². The molecule has 1 aliphatic heterocycles. The van der Waals surface area contributed by atoms with Gasteiger partial charge in [-0.3, -0.25) is 0 Å². The van der Waals surface area contributed by atoms with E-state index >= 15 is 0 Å². The van der Waals surface area contributed by atoms with Gasteiger partial charge < -0.3 is 14.5 Å². The van der Waals surface area contributed by atoms with Crippen molar-refractivity contribution in [1.29, 1.82) is 0 Å². The lowest BCUT2D eigenvalue weighted by molar-refractivity contribution is 0.0280. The summed E-state index contributed by atoms with van der Waals surface area (Å²) in [5.41, 5.74) is -0.423. The highest BCUT2D eigenvalue weighted by Crippen LogP contribution is 2.39. The molecule has 3 atom stereocenters. The molecule has 1 unspecified atom stereocenters. The number of ether oxygens (including phenoxy) is 1. The molecule has 1 amide bonds. The molecule has 0 bridgehead atoms. The minimum Gasteiger partial charge on any atom is -0.444 e. The minimum absolute atomic E-state index is 0.186. The van der Waals surface area contributed by atoms with Crippen molar-refractivity contribution in [2.24, 2.45) is 11.8 Å². The van der Waals surface area contributed by atoms with Gasteiger partial charge >= 0.3 is 6.09 Å². The summed E-state index contributed by atoms with van der Waals surface area (Å²) in [6.45, 7) is 14.2. The topological polar surface area (TPSA) is 33.9 Å². The summed E-state index contributed by atoms with van der Waals surface area (Å²) in [5.74, 6) is 1.03. The normalized spacial score (nSPS) is 32.1. The molecule has 4 nitrogen and oxygen atoms in total. The van der Waals surface area contributed by atoms with E-state index in [1.54, 1.807) is 4.90 Å². The number of carbonyl (C=O) groups is 1. The Labute approximate surface area is 103 Å². The summed E-state index contributed by atoms with van der Waals surface area (Å²) in [4.78, 5) is 17.3. The summed E-state index contributed by atoms with van der Waals surface area (Å²) < 4.78 is 5.37. The Kier molecular flexibility index (Phi) is 3.03. The quantitative estimate of drug-likeness (QED) is 0.606. The summed E-state index contributed by atoms with van der Waals surface area (Å²) in [6, 6.07) is 0.186. The molecular formula is C13H20N2O2. The van der Waals surface area contributed by atoms with E-state index in [-0.39, 0.29) is 12.1 Å². The smallest absolute Gasteiger partial charge is 0.410 e. The van der Waals surface area contributed by atoms with Gasteiger partial charge in [-0.1, -0.05) is 0 Å². The molecule has 94 valence electrons. The molecule has 0 aromatic rings. The highest BCUT2D eigenvalue weighted by atomic mass is 16.6. The number of nitrogens with zero attached hydrogens (tertiary/aromatic N) is 2. The van der Waals surface area contributed by atoms with Crippen LogP contribution in [0.3, 0.4) is 0 Å². The van der Waals surface area contributed by atoms with Crippen LogP contribution in [0, 0.1) is 18.4 Å². The van der Waals surface area contributed by atoms with Crippen LogP contribution in [-0.2, 0) is 4.74 Å². The molecule has 2 aliphatic rings. The number of amides is 1. The van der Waals surface area contributed by atoms with Crippen LogP contribution in [-0.4, -0.2) is 35.7 Å². The van der Waals surface area contributed by atoms with Gasteiger partial charge in [0.15, 0.2) is 0 Å². The van der Waals surface area contributed by atoms with Crippen LogP contribution in [0.5, 0.6) is 0 Å². The van der Waals surface area contributed by atoms with E-state index in [0.29, 0.717) is 11.8 Å². The molecule has 1 heterocycles. The Bertz CT molecular complexity index is 339. The lowest BCUT2D eigenvalue weighted by atomic mass is 10.0. The van der Waals surface area contributed by atoms with Gasteiger partial charge in [-0.2, -0.15) is 0 Å². The molecule has 0 aromatic heterocycles. The third-order valence-corrected chi connectivity index (χ3v) is 3.56. The average Bonchev–Trinajstić information content (AvgIpc) is 2.70. The third-order valence-electron chi connectivity index (χ3n) is 3.56. The standard InChI is InChI=1S/C13H20N2O2/c1-13(2,3)17-12(16)15-7-9-5-11(14-4)6-10(9)8-15/h9-11H,5-8H2,1-3H3/t9-,10+,11?. The first kappa shape index (κ1) is 12.2. The Morgan fingerprint density at radius 1 is 1.29 bits per heavy atom. The molecule has 1 aliphatic carbocycles. The van der Waals surface area contributed by atoms with Crippen LogP contribution in [0.25, 0.3) is 4.85 Å². The maximum absolute atomic E-state index is 11.9. The number of hydrogen-bond donors (Lipinski definition) is 0. The predicted molar refractivity (Wildman–Crippen MR) is 64.4 cm³/mol. The van der Waals surface area contributed by atoms with Gasteiger partial charge in [0.1, 0.15) is 5.60 Å². The minimum atomic E-state index is -0.423. The van der Waals surface area contributed by atoms with Crippen molar-refractivity contribution >= 4 is 6.09 Å². The van der Waals surface area contributed by atoms with Crippen molar-refractivity contribution in [2.45, 2.75) is 45.3 Å². The van der Waals surface area contributed by atoms with Crippen LogP contribution in [0.2, 0.25) is 0 Å². The summed E-state index contributed by atoms with van der Waals surface area (Å²) >= 11 is 0. The predicted octanol–water partition coefficient (Wildman–Crippen LogP) is 2.55. The summed E-state index contributed by atoms with van der Waals surface area (Å²) in [7, 11) is 0. The first-order valence-electron chi connectivity index (χ1n) is 6.23. The first-order chi connectivity index (χ1) is 7.89. The fourth-order valence-corrected chi connectivity index (χ4v) is 2.85. The van der Waals surface area contributed by atoms with Gasteiger partial charge in [-0.25, -0.2) is 11.4 Å². The number of hydrogen-bond acceptors (Lipinski definition) is 2. The largest absolute Gasteiger partial charge is 0.444 e. The van der Waals surface area contributed by atoms with Crippen LogP contribution in [0.15, 0.2) is 0 Å². The fraction of sp³-hybridized carbons (Fsp3) is 0.846. The number of likely N-dealkylation sites (tertiary alicyclic amines) is 1. The summed E-state index contributed by atoms with van der Waals surface area (Å²) in [6.07, 6.45) is 1.70. The number of fused-ring (bicyclic) bond motifs is 1. The maximum atomic E-state index is 11.9. The van der Waals surface area contributed by atoms with Crippen LogP contribution in [0.1, 0.15) is 33.6 Å². The zero-order valence-electron chi connectivity index (χ0n) is 10.8. The van der Waals surface area contributed by atoms with Crippen molar-refractivity contribution in [2.75, 3.05) is 13.1 Å². The molecule has 0 radical (unpaired) electrons. The second kappa shape index (κ2) is 4.21. The van der Waals surface area contributed by atoms with E-state index in [2.05, 4.69) is 4.85 Å². The zero-order valence-corrected chi connectivity index (χ0v) is 10.8. The third kappa shape index (κ3) is 2.71. The van der Waals surface area contributed by atoms with Gasteiger partial charge in [0.05, 0.1) is 0 Å². The Morgan fingerprint density at radius 2 is 1.82 bits per heavy atom. The molecule has 17 heavy (non-hydrogen) atoms. The molecule has 0 N–H and O–H groups in total. The highest BCUT2D eigenvalue weighted by molar-refractivity contribution is 5.68. The van der Waals surface area contributed by atoms with Gasteiger partial charge in [0.25, 0.3) is 0 Å². The number of rotatable bonds is 0. The van der Waals surface area contributed by atoms with Crippen molar-refractivity contribution in [3.8, 4) is 0 Å². The van der Waals surface area contributed by atoms with Crippen molar-refractivity contribution < 1.29 is 9.53 Å². The lowest BCUT2D eigenvalue weighted by Gasteiger charge is -2.24. The molecule has 0 aromatic carbocycles. The van der Waals surface area contributed by atoms with Gasteiger partial charge in [-0.05, 0) is 32.6 Å². The van der Waals surface area contributed by atoms with E-state index in [1.807, 2.05) is 20.8 Å². The van der Waals surface area contributed by atoms with Crippen LogP contribution in [0.4, 0.5) is 4.79 Å². The van der Waals surface area contributed by atoms with Gasteiger partial charge in [-0.15, -0.1) is 0 Å².